The molecule has 4 rings (SSSR count). The highest BCUT2D eigenvalue weighted by atomic mass is 16.2. The van der Waals surface area contributed by atoms with Crippen LogP contribution in [0, 0.1) is 6.92 Å². The Labute approximate surface area is 165 Å². The predicted molar refractivity (Wildman–Crippen MR) is 108 cm³/mol. The van der Waals surface area contributed by atoms with E-state index in [2.05, 4.69) is 30.7 Å². The smallest absolute Gasteiger partial charge is 0.255 e. The number of hydrogen-bond acceptors (Lipinski definition) is 4. The molecule has 1 saturated heterocycles. The van der Waals surface area contributed by atoms with Crippen molar-refractivity contribution in [1.29, 1.82) is 0 Å². The number of rotatable bonds is 1. The summed E-state index contributed by atoms with van der Waals surface area (Å²) in [6.07, 6.45) is 6.79. The first-order valence-electron chi connectivity index (χ1n) is 10.1. The van der Waals surface area contributed by atoms with Crippen molar-refractivity contribution >= 4 is 5.91 Å². The fourth-order valence-electron chi connectivity index (χ4n) is 4.49. The number of aromatic nitrogens is 3. The molecule has 1 amide bonds. The number of carbonyl (C=O) groups excluding carboxylic acids is 1. The van der Waals surface area contributed by atoms with E-state index in [9.17, 15) is 9.59 Å². The van der Waals surface area contributed by atoms with Crippen LogP contribution in [-0.4, -0.2) is 38.8 Å². The Hall–Kier alpha value is -2.50. The van der Waals surface area contributed by atoms with Crippen LogP contribution >= 0.6 is 0 Å². The van der Waals surface area contributed by atoms with Crippen molar-refractivity contribution in [2.45, 2.75) is 64.2 Å². The third-order valence-electron chi connectivity index (χ3n) is 6.36. The van der Waals surface area contributed by atoms with Gasteiger partial charge < -0.3 is 9.88 Å². The number of amides is 1. The van der Waals surface area contributed by atoms with Crippen LogP contribution in [0.1, 0.15) is 73.0 Å². The van der Waals surface area contributed by atoms with Crippen molar-refractivity contribution in [1.82, 2.24) is 19.9 Å². The largest absolute Gasteiger partial charge is 0.339 e. The summed E-state index contributed by atoms with van der Waals surface area (Å²) in [5.74, 6) is 0.801. The van der Waals surface area contributed by atoms with Crippen molar-refractivity contribution in [2.75, 3.05) is 13.1 Å². The molecule has 0 saturated carbocycles. The molecule has 0 unspecified atom stereocenters. The molecule has 0 atom stereocenters. The Morgan fingerprint density at radius 1 is 1.21 bits per heavy atom. The van der Waals surface area contributed by atoms with Crippen molar-refractivity contribution < 1.29 is 4.79 Å². The molecule has 6 nitrogen and oxygen atoms in total. The van der Waals surface area contributed by atoms with Gasteiger partial charge in [0.15, 0.2) is 0 Å². The first kappa shape index (κ1) is 18.8. The number of fused-ring (bicyclic) bond motifs is 2. The molecule has 1 spiro atoms. The number of nitrogens with zero attached hydrogens (tertiary/aromatic N) is 3. The summed E-state index contributed by atoms with van der Waals surface area (Å²) in [6.45, 7) is 9.51. The van der Waals surface area contributed by atoms with E-state index in [0.717, 1.165) is 48.3 Å². The number of H-pyrrole nitrogens is 1. The Morgan fingerprint density at radius 3 is 2.57 bits per heavy atom. The van der Waals surface area contributed by atoms with Gasteiger partial charge in [0, 0.05) is 41.9 Å². The number of aryl methyl sites for hydroxylation is 1. The van der Waals surface area contributed by atoms with Crippen molar-refractivity contribution in [3.05, 3.63) is 57.0 Å². The molecule has 28 heavy (non-hydrogen) atoms. The fraction of sp³-hybridized carbons (Fsp3) is 0.545. The molecule has 6 heteroatoms. The quantitative estimate of drug-likeness (QED) is 0.825. The van der Waals surface area contributed by atoms with Gasteiger partial charge in [-0.2, -0.15) is 0 Å². The van der Waals surface area contributed by atoms with E-state index in [0.29, 0.717) is 18.7 Å². The predicted octanol–water partition coefficient (Wildman–Crippen LogP) is 2.89. The van der Waals surface area contributed by atoms with Gasteiger partial charge in [0.2, 0.25) is 0 Å². The Bertz CT molecular complexity index is 979. The Morgan fingerprint density at radius 2 is 1.93 bits per heavy atom. The molecule has 1 N–H and O–H groups in total. The standard InChI is InChI=1S/C22H28N4O2/c1-14-6-10-23-13-16(14)19(28)26-11-8-22(9-12-26)7-5-15-17(22)24-20(21(2,3)4)25-18(15)27/h6,10,13H,5,7-9,11-12H2,1-4H3,(H,24,25,27). The topological polar surface area (TPSA) is 79.0 Å². The SMILES string of the molecule is Cc1ccncc1C(=O)N1CCC2(CCc3c2nc(C(C)(C)C)[nH]c3=O)CC1. The first-order chi connectivity index (χ1) is 13.2. The molecule has 1 aliphatic carbocycles. The maximum atomic E-state index is 12.9. The maximum Gasteiger partial charge on any atom is 0.255 e. The van der Waals surface area contributed by atoms with E-state index < -0.39 is 0 Å². The molecule has 3 heterocycles. The minimum atomic E-state index is -0.202. The lowest BCUT2D eigenvalue weighted by molar-refractivity contribution is 0.0662. The summed E-state index contributed by atoms with van der Waals surface area (Å²) >= 11 is 0. The van der Waals surface area contributed by atoms with E-state index in [-0.39, 0.29) is 22.3 Å². The van der Waals surface area contributed by atoms with Crippen molar-refractivity contribution in [2.24, 2.45) is 0 Å². The fourth-order valence-corrected chi connectivity index (χ4v) is 4.49. The highest BCUT2D eigenvalue weighted by molar-refractivity contribution is 5.95. The number of likely N-dealkylation sites (tertiary alicyclic amines) is 1. The van der Waals surface area contributed by atoms with Gasteiger partial charge in [-0.1, -0.05) is 20.8 Å². The minimum Gasteiger partial charge on any atom is -0.339 e. The molecule has 0 aromatic carbocycles. The monoisotopic (exact) mass is 380 g/mol. The van der Waals surface area contributed by atoms with Crippen LogP contribution in [0.2, 0.25) is 0 Å². The highest BCUT2D eigenvalue weighted by Gasteiger charge is 2.45. The summed E-state index contributed by atoms with van der Waals surface area (Å²) in [5, 5.41) is 0. The molecule has 2 aromatic heterocycles. The molecule has 1 fully saturated rings. The molecule has 148 valence electrons. The van der Waals surface area contributed by atoms with Gasteiger partial charge in [-0.15, -0.1) is 0 Å². The van der Waals surface area contributed by atoms with Crippen LogP contribution in [0.15, 0.2) is 23.3 Å². The van der Waals surface area contributed by atoms with Gasteiger partial charge in [0.25, 0.3) is 11.5 Å². The van der Waals surface area contributed by atoms with Crippen molar-refractivity contribution in [3.63, 3.8) is 0 Å². The van der Waals surface area contributed by atoms with Crippen LogP contribution in [0.5, 0.6) is 0 Å². The molecule has 0 radical (unpaired) electrons. The third kappa shape index (κ3) is 3.05. The summed E-state index contributed by atoms with van der Waals surface area (Å²) in [5.41, 5.74) is 3.18. The molecule has 1 aliphatic heterocycles. The highest BCUT2D eigenvalue weighted by Crippen LogP contribution is 2.44. The Kier molecular flexibility index (Phi) is 4.40. The molecular formula is C22H28N4O2. The number of hydrogen-bond donors (Lipinski definition) is 1. The van der Waals surface area contributed by atoms with Crippen LogP contribution < -0.4 is 5.56 Å². The minimum absolute atomic E-state index is 0.0105. The average Bonchev–Trinajstić information content (AvgIpc) is 3.00. The second-order valence-corrected chi connectivity index (χ2v) is 9.25. The summed E-state index contributed by atoms with van der Waals surface area (Å²) in [7, 11) is 0. The summed E-state index contributed by atoms with van der Waals surface area (Å²) in [6, 6.07) is 1.87. The first-order valence-corrected chi connectivity index (χ1v) is 10.1. The van der Waals surface area contributed by atoms with E-state index in [1.807, 2.05) is 17.9 Å². The van der Waals surface area contributed by atoms with Crippen molar-refractivity contribution in [3.8, 4) is 0 Å². The molecular weight excluding hydrogens is 352 g/mol. The molecule has 2 aliphatic rings. The van der Waals surface area contributed by atoms with Crippen LogP contribution in [0.4, 0.5) is 0 Å². The normalized spacial score (nSPS) is 18.4. The number of pyridine rings is 1. The van der Waals surface area contributed by atoms with E-state index >= 15 is 0 Å². The lowest BCUT2D eigenvalue weighted by Crippen LogP contribution is -2.45. The zero-order chi connectivity index (χ0) is 20.1. The third-order valence-corrected chi connectivity index (χ3v) is 6.36. The van der Waals surface area contributed by atoms with Gasteiger partial charge >= 0.3 is 0 Å². The van der Waals surface area contributed by atoms with Gasteiger partial charge in [-0.3, -0.25) is 14.6 Å². The maximum absolute atomic E-state index is 12.9. The molecule has 2 aromatic rings. The lowest BCUT2D eigenvalue weighted by Gasteiger charge is -2.39. The number of nitrogens with one attached hydrogen (secondary N) is 1. The van der Waals surface area contributed by atoms with E-state index in [1.165, 1.54) is 0 Å². The average molecular weight is 380 g/mol. The number of carbonyl (C=O) groups is 1. The number of piperidine rings is 1. The van der Waals surface area contributed by atoms with Crippen LogP contribution in [-0.2, 0) is 17.3 Å². The molecule has 0 bridgehead atoms. The second-order valence-electron chi connectivity index (χ2n) is 9.25. The van der Waals surface area contributed by atoms with E-state index in [4.69, 9.17) is 4.98 Å². The zero-order valence-corrected chi connectivity index (χ0v) is 17.1. The zero-order valence-electron chi connectivity index (χ0n) is 17.1. The summed E-state index contributed by atoms with van der Waals surface area (Å²) in [4.78, 5) is 39.5. The lowest BCUT2D eigenvalue weighted by atomic mass is 9.76. The Balaban J connectivity index is 1.60. The number of aromatic amines is 1. The van der Waals surface area contributed by atoms with E-state index in [1.54, 1.807) is 12.4 Å². The second kappa shape index (κ2) is 6.54. The van der Waals surface area contributed by atoms with Gasteiger partial charge in [-0.05, 0) is 44.2 Å². The van der Waals surface area contributed by atoms with Crippen LogP contribution in [0.25, 0.3) is 0 Å². The van der Waals surface area contributed by atoms with Gasteiger partial charge in [0.05, 0.1) is 11.3 Å². The van der Waals surface area contributed by atoms with Gasteiger partial charge in [0.1, 0.15) is 5.82 Å². The summed E-state index contributed by atoms with van der Waals surface area (Å²) < 4.78 is 0. The van der Waals surface area contributed by atoms with Crippen LogP contribution in [0.3, 0.4) is 0 Å². The van der Waals surface area contributed by atoms with Gasteiger partial charge in [-0.25, -0.2) is 4.98 Å².